The summed E-state index contributed by atoms with van der Waals surface area (Å²) in [6.45, 7) is 7.76. The number of hydrogen-bond donors (Lipinski definition) is 1. The topological polar surface area (TPSA) is 29.3 Å². The minimum Gasteiger partial charge on any atom is -0.368 e. The molecule has 0 aliphatic carbocycles. The molecule has 1 aromatic rings. The molecule has 2 heteroatoms. The molecule has 1 heterocycles. The minimum absolute atomic E-state index is 0.237. The predicted molar refractivity (Wildman–Crippen MR) is 70.0 cm³/mol. The first-order valence-corrected chi connectivity index (χ1v) is 6.22. The summed E-state index contributed by atoms with van der Waals surface area (Å²) in [5, 5.41) is 0. The monoisotopic (exact) mass is 218 g/mol. The van der Waals surface area contributed by atoms with E-state index < -0.39 is 0 Å². The van der Waals surface area contributed by atoms with Crippen molar-refractivity contribution in [3.05, 3.63) is 29.3 Å². The molecule has 1 aliphatic heterocycles. The van der Waals surface area contributed by atoms with Crippen LogP contribution >= 0.6 is 0 Å². The molecule has 1 unspecified atom stereocenters. The van der Waals surface area contributed by atoms with Gasteiger partial charge in [0, 0.05) is 24.3 Å². The lowest BCUT2D eigenvalue weighted by Gasteiger charge is -2.26. The molecule has 1 aliphatic rings. The van der Waals surface area contributed by atoms with Crippen LogP contribution in [0.1, 0.15) is 31.9 Å². The molecule has 1 atom stereocenters. The van der Waals surface area contributed by atoms with Gasteiger partial charge in [-0.05, 0) is 44.7 Å². The molecule has 0 fully saturated rings. The average molecular weight is 218 g/mol. The summed E-state index contributed by atoms with van der Waals surface area (Å²) in [4.78, 5) is 2.51. The standard InChI is InChI=1S/C14H22N2/c1-10(2)16-8-7-12-5-4-6-13(14(12)16)9-11(3)15/h4-6,10-11H,7-9,15H2,1-3H3. The van der Waals surface area contributed by atoms with Crippen LogP contribution in [0.15, 0.2) is 18.2 Å². The third-order valence-corrected chi connectivity index (χ3v) is 3.28. The second-order valence-corrected chi connectivity index (χ2v) is 5.14. The Morgan fingerprint density at radius 1 is 1.31 bits per heavy atom. The van der Waals surface area contributed by atoms with Crippen LogP contribution in [0.2, 0.25) is 0 Å². The van der Waals surface area contributed by atoms with Gasteiger partial charge in [0.2, 0.25) is 0 Å². The van der Waals surface area contributed by atoms with E-state index in [1.165, 1.54) is 23.2 Å². The molecule has 2 N–H and O–H groups in total. The Morgan fingerprint density at radius 2 is 2.06 bits per heavy atom. The Morgan fingerprint density at radius 3 is 2.69 bits per heavy atom. The maximum Gasteiger partial charge on any atom is 0.0435 e. The zero-order valence-electron chi connectivity index (χ0n) is 10.5. The second kappa shape index (κ2) is 4.46. The molecule has 0 bridgehead atoms. The summed E-state index contributed by atoms with van der Waals surface area (Å²) in [6.07, 6.45) is 2.16. The van der Waals surface area contributed by atoms with Gasteiger partial charge in [-0.25, -0.2) is 0 Å². The van der Waals surface area contributed by atoms with Crippen LogP contribution in [-0.4, -0.2) is 18.6 Å². The minimum atomic E-state index is 0.237. The zero-order valence-corrected chi connectivity index (χ0v) is 10.5. The van der Waals surface area contributed by atoms with Gasteiger partial charge in [0.05, 0.1) is 0 Å². The van der Waals surface area contributed by atoms with Crippen LogP contribution in [0.5, 0.6) is 0 Å². The Labute approximate surface area is 98.4 Å². The molecule has 0 spiro atoms. The van der Waals surface area contributed by atoms with Crippen molar-refractivity contribution >= 4 is 5.69 Å². The van der Waals surface area contributed by atoms with E-state index in [2.05, 4.69) is 43.9 Å². The summed E-state index contributed by atoms with van der Waals surface area (Å²) < 4.78 is 0. The maximum atomic E-state index is 5.92. The summed E-state index contributed by atoms with van der Waals surface area (Å²) >= 11 is 0. The Balaban J connectivity index is 2.37. The highest BCUT2D eigenvalue weighted by atomic mass is 15.2. The van der Waals surface area contributed by atoms with Crippen LogP contribution in [0, 0.1) is 0 Å². The molecule has 0 radical (unpaired) electrons. The van der Waals surface area contributed by atoms with Gasteiger partial charge in [0.1, 0.15) is 0 Å². The lowest BCUT2D eigenvalue weighted by molar-refractivity contribution is 0.696. The van der Waals surface area contributed by atoms with Crippen molar-refractivity contribution in [3.8, 4) is 0 Å². The molecule has 88 valence electrons. The maximum absolute atomic E-state index is 5.92. The van der Waals surface area contributed by atoms with Crippen molar-refractivity contribution in [2.75, 3.05) is 11.4 Å². The fourth-order valence-electron chi connectivity index (χ4n) is 2.60. The summed E-state index contributed by atoms with van der Waals surface area (Å²) in [7, 11) is 0. The van der Waals surface area contributed by atoms with Crippen LogP contribution in [0.4, 0.5) is 5.69 Å². The van der Waals surface area contributed by atoms with Crippen molar-refractivity contribution in [3.63, 3.8) is 0 Å². The molecular formula is C14H22N2. The number of benzene rings is 1. The third-order valence-electron chi connectivity index (χ3n) is 3.28. The lowest BCUT2D eigenvalue weighted by atomic mass is 10.0. The van der Waals surface area contributed by atoms with E-state index in [0.717, 1.165) is 13.0 Å². The van der Waals surface area contributed by atoms with E-state index in [9.17, 15) is 0 Å². The van der Waals surface area contributed by atoms with Crippen molar-refractivity contribution < 1.29 is 0 Å². The van der Waals surface area contributed by atoms with E-state index in [1.54, 1.807) is 0 Å². The van der Waals surface area contributed by atoms with E-state index in [4.69, 9.17) is 5.73 Å². The van der Waals surface area contributed by atoms with E-state index >= 15 is 0 Å². The largest absolute Gasteiger partial charge is 0.368 e. The molecule has 0 saturated heterocycles. The first kappa shape index (κ1) is 11.5. The van der Waals surface area contributed by atoms with Gasteiger partial charge >= 0.3 is 0 Å². The Hall–Kier alpha value is -1.02. The van der Waals surface area contributed by atoms with Gasteiger partial charge in [-0.15, -0.1) is 0 Å². The highest BCUT2D eigenvalue weighted by Crippen LogP contribution is 2.33. The molecular weight excluding hydrogens is 196 g/mol. The molecule has 0 aromatic heterocycles. The number of rotatable bonds is 3. The number of fused-ring (bicyclic) bond motifs is 1. The quantitative estimate of drug-likeness (QED) is 0.844. The normalized spacial score (nSPS) is 16.7. The summed E-state index contributed by atoms with van der Waals surface area (Å²) in [5.41, 5.74) is 10.3. The number of nitrogens with two attached hydrogens (primary N) is 1. The highest BCUT2D eigenvalue weighted by molar-refractivity contribution is 5.64. The molecule has 0 saturated carbocycles. The van der Waals surface area contributed by atoms with Gasteiger partial charge in [-0.1, -0.05) is 18.2 Å². The molecule has 2 nitrogen and oxygen atoms in total. The Kier molecular flexibility index (Phi) is 3.20. The highest BCUT2D eigenvalue weighted by Gasteiger charge is 2.23. The van der Waals surface area contributed by atoms with E-state index in [-0.39, 0.29) is 6.04 Å². The van der Waals surface area contributed by atoms with Crippen molar-refractivity contribution in [2.24, 2.45) is 5.73 Å². The lowest BCUT2D eigenvalue weighted by Crippen LogP contribution is -2.30. The molecule has 0 amide bonds. The average Bonchev–Trinajstić information content (AvgIpc) is 2.61. The van der Waals surface area contributed by atoms with Gasteiger partial charge in [-0.3, -0.25) is 0 Å². The number of nitrogens with zero attached hydrogens (tertiary/aromatic N) is 1. The van der Waals surface area contributed by atoms with Gasteiger partial charge < -0.3 is 10.6 Å². The van der Waals surface area contributed by atoms with Crippen LogP contribution in [0.3, 0.4) is 0 Å². The van der Waals surface area contributed by atoms with Crippen molar-refractivity contribution in [1.82, 2.24) is 0 Å². The number of para-hydroxylation sites is 1. The van der Waals surface area contributed by atoms with Crippen molar-refractivity contribution in [1.29, 1.82) is 0 Å². The van der Waals surface area contributed by atoms with E-state index in [1.807, 2.05) is 0 Å². The third kappa shape index (κ3) is 2.07. The number of anilines is 1. The second-order valence-electron chi connectivity index (χ2n) is 5.14. The van der Waals surface area contributed by atoms with Gasteiger partial charge in [0.15, 0.2) is 0 Å². The summed E-state index contributed by atoms with van der Waals surface area (Å²) in [5.74, 6) is 0. The first-order valence-electron chi connectivity index (χ1n) is 6.22. The SMILES string of the molecule is CC(N)Cc1cccc2c1N(C(C)C)CC2. The van der Waals surface area contributed by atoms with E-state index in [0.29, 0.717) is 6.04 Å². The van der Waals surface area contributed by atoms with Gasteiger partial charge in [-0.2, -0.15) is 0 Å². The van der Waals surface area contributed by atoms with Crippen LogP contribution in [-0.2, 0) is 12.8 Å². The number of hydrogen-bond acceptors (Lipinski definition) is 2. The first-order chi connectivity index (χ1) is 7.59. The fourth-order valence-corrected chi connectivity index (χ4v) is 2.60. The van der Waals surface area contributed by atoms with Crippen LogP contribution < -0.4 is 10.6 Å². The Bertz CT molecular complexity index is 369. The van der Waals surface area contributed by atoms with Crippen molar-refractivity contribution in [2.45, 2.75) is 45.7 Å². The summed E-state index contributed by atoms with van der Waals surface area (Å²) in [6, 6.07) is 7.46. The molecule has 1 aromatic carbocycles. The van der Waals surface area contributed by atoms with Gasteiger partial charge in [0.25, 0.3) is 0 Å². The predicted octanol–water partition coefficient (Wildman–Crippen LogP) is 2.35. The zero-order chi connectivity index (χ0) is 11.7. The fraction of sp³-hybridized carbons (Fsp3) is 0.571. The smallest absolute Gasteiger partial charge is 0.0435 e. The molecule has 2 rings (SSSR count). The molecule has 16 heavy (non-hydrogen) atoms. The van der Waals surface area contributed by atoms with Crippen LogP contribution in [0.25, 0.3) is 0 Å².